The zero-order chi connectivity index (χ0) is 16.4. The molecule has 1 aliphatic carbocycles. The molecule has 5 nitrogen and oxygen atoms in total. The fourth-order valence-corrected chi connectivity index (χ4v) is 3.34. The molecule has 2 heterocycles. The van der Waals surface area contributed by atoms with E-state index in [1.165, 1.54) is 18.4 Å². The van der Waals surface area contributed by atoms with Crippen LogP contribution in [0.5, 0.6) is 0 Å². The molecular formula is C19H23N3O2. The van der Waals surface area contributed by atoms with Crippen LogP contribution in [0.25, 0.3) is 0 Å². The molecule has 0 bridgehead atoms. The van der Waals surface area contributed by atoms with E-state index in [0.29, 0.717) is 18.3 Å². The predicted octanol–water partition coefficient (Wildman–Crippen LogP) is 3.29. The summed E-state index contributed by atoms with van der Waals surface area (Å²) in [5.41, 5.74) is 1.22. The molecule has 1 aliphatic heterocycles. The first-order valence-electron chi connectivity index (χ1n) is 8.94. The molecule has 2 fully saturated rings. The van der Waals surface area contributed by atoms with Crippen LogP contribution in [0.15, 0.2) is 34.7 Å². The lowest BCUT2D eigenvalue weighted by Crippen LogP contribution is -2.38. The monoisotopic (exact) mass is 325 g/mol. The van der Waals surface area contributed by atoms with Gasteiger partial charge in [0.25, 0.3) is 0 Å². The van der Waals surface area contributed by atoms with Crippen LogP contribution in [0.4, 0.5) is 0 Å². The highest BCUT2D eigenvalue weighted by atomic mass is 16.4. The Hall–Kier alpha value is -2.17. The minimum atomic E-state index is 0.251. The lowest BCUT2D eigenvalue weighted by molar-refractivity contribution is -0.132. The zero-order valence-electron chi connectivity index (χ0n) is 13.9. The van der Waals surface area contributed by atoms with Gasteiger partial charge in [0, 0.05) is 31.3 Å². The number of likely N-dealkylation sites (tertiary alicyclic amines) is 1. The Morgan fingerprint density at radius 2 is 1.62 bits per heavy atom. The van der Waals surface area contributed by atoms with Crippen LogP contribution in [0, 0.1) is 0 Å². The van der Waals surface area contributed by atoms with E-state index in [0.717, 1.165) is 44.1 Å². The summed E-state index contributed by atoms with van der Waals surface area (Å²) in [4.78, 5) is 14.4. The van der Waals surface area contributed by atoms with Crippen molar-refractivity contribution in [2.45, 2.75) is 50.4 Å². The van der Waals surface area contributed by atoms with Gasteiger partial charge < -0.3 is 9.32 Å². The van der Waals surface area contributed by atoms with E-state index in [9.17, 15) is 4.79 Å². The van der Waals surface area contributed by atoms with Gasteiger partial charge in [-0.15, -0.1) is 10.2 Å². The van der Waals surface area contributed by atoms with Gasteiger partial charge in [0.1, 0.15) is 0 Å². The molecule has 0 radical (unpaired) electrons. The van der Waals surface area contributed by atoms with Crippen molar-refractivity contribution < 1.29 is 9.21 Å². The number of hydrogen-bond donors (Lipinski definition) is 0. The van der Waals surface area contributed by atoms with Crippen LogP contribution in [0.3, 0.4) is 0 Å². The van der Waals surface area contributed by atoms with Crippen molar-refractivity contribution >= 4 is 5.91 Å². The Labute approximate surface area is 142 Å². The average Bonchev–Trinajstić information content (AvgIpc) is 3.38. The lowest BCUT2D eigenvalue weighted by Gasteiger charge is -2.30. The summed E-state index contributed by atoms with van der Waals surface area (Å²) >= 11 is 0. The van der Waals surface area contributed by atoms with E-state index < -0.39 is 0 Å². The molecule has 0 atom stereocenters. The van der Waals surface area contributed by atoms with Gasteiger partial charge in [0.2, 0.25) is 17.7 Å². The number of amides is 1. The summed E-state index contributed by atoms with van der Waals surface area (Å²) in [6, 6.07) is 10.2. The number of rotatable bonds is 5. The summed E-state index contributed by atoms with van der Waals surface area (Å²) in [5, 5.41) is 8.40. The molecule has 0 unspecified atom stereocenters. The maximum Gasteiger partial charge on any atom is 0.222 e. The predicted molar refractivity (Wildman–Crippen MR) is 89.6 cm³/mol. The average molecular weight is 325 g/mol. The summed E-state index contributed by atoms with van der Waals surface area (Å²) in [7, 11) is 0. The quantitative estimate of drug-likeness (QED) is 0.846. The molecule has 0 N–H and O–H groups in total. The summed E-state index contributed by atoms with van der Waals surface area (Å²) in [5.74, 6) is 2.65. The number of aryl methyl sites for hydroxylation is 1. The summed E-state index contributed by atoms with van der Waals surface area (Å²) in [6.07, 6.45) is 5.59. The van der Waals surface area contributed by atoms with Gasteiger partial charge in [-0.3, -0.25) is 4.79 Å². The highest BCUT2D eigenvalue weighted by molar-refractivity contribution is 5.76. The van der Waals surface area contributed by atoms with Crippen LogP contribution in [0.2, 0.25) is 0 Å². The highest BCUT2D eigenvalue weighted by Crippen LogP contribution is 2.40. The highest BCUT2D eigenvalue weighted by Gasteiger charge is 2.32. The van der Waals surface area contributed by atoms with Crippen LogP contribution >= 0.6 is 0 Å². The van der Waals surface area contributed by atoms with Gasteiger partial charge in [-0.2, -0.15) is 0 Å². The number of piperidine rings is 1. The summed E-state index contributed by atoms with van der Waals surface area (Å²) in [6.45, 7) is 1.58. The van der Waals surface area contributed by atoms with E-state index in [1.54, 1.807) is 0 Å². The topological polar surface area (TPSA) is 59.2 Å². The van der Waals surface area contributed by atoms with E-state index in [-0.39, 0.29) is 5.91 Å². The second-order valence-electron chi connectivity index (χ2n) is 6.89. The van der Waals surface area contributed by atoms with Crippen molar-refractivity contribution in [3.8, 4) is 0 Å². The molecule has 2 aliphatic rings. The maximum absolute atomic E-state index is 12.4. The molecule has 4 rings (SSSR count). The van der Waals surface area contributed by atoms with Gasteiger partial charge in [-0.25, -0.2) is 0 Å². The van der Waals surface area contributed by atoms with Gasteiger partial charge >= 0.3 is 0 Å². The number of hydrogen-bond acceptors (Lipinski definition) is 4. The van der Waals surface area contributed by atoms with Crippen molar-refractivity contribution in [2.24, 2.45) is 0 Å². The Balaban J connectivity index is 1.26. The molecule has 1 amide bonds. The molecule has 2 aromatic rings. The molecule has 5 heteroatoms. The van der Waals surface area contributed by atoms with Gasteiger partial charge in [-0.1, -0.05) is 30.3 Å². The van der Waals surface area contributed by atoms with Crippen LogP contribution in [0.1, 0.15) is 61.3 Å². The fraction of sp³-hybridized carbons (Fsp3) is 0.526. The Morgan fingerprint density at radius 3 is 2.25 bits per heavy atom. The van der Waals surface area contributed by atoms with Crippen molar-refractivity contribution in [3.05, 3.63) is 47.7 Å². The second-order valence-corrected chi connectivity index (χ2v) is 6.89. The minimum absolute atomic E-state index is 0.251. The van der Waals surface area contributed by atoms with Crippen LogP contribution < -0.4 is 0 Å². The van der Waals surface area contributed by atoms with E-state index in [1.807, 2.05) is 23.1 Å². The molecule has 126 valence electrons. The van der Waals surface area contributed by atoms with Crippen LogP contribution in [-0.4, -0.2) is 34.1 Å². The number of nitrogens with zero attached hydrogens (tertiary/aromatic N) is 3. The van der Waals surface area contributed by atoms with Gasteiger partial charge in [0.05, 0.1) is 0 Å². The first-order valence-corrected chi connectivity index (χ1v) is 8.94. The number of benzene rings is 1. The third-order valence-electron chi connectivity index (χ3n) is 5.05. The Kier molecular flexibility index (Phi) is 4.32. The van der Waals surface area contributed by atoms with E-state index in [2.05, 4.69) is 22.3 Å². The molecule has 24 heavy (non-hydrogen) atoms. The number of carbonyl (C=O) groups is 1. The lowest BCUT2D eigenvalue weighted by atomic mass is 9.96. The van der Waals surface area contributed by atoms with Gasteiger partial charge in [0.15, 0.2) is 0 Å². The van der Waals surface area contributed by atoms with Crippen molar-refractivity contribution in [3.63, 3.8) is 0 Å². The molecule has 1 saturated carbocycles. The Morgan fingerprint density at radius 1 is 1.00 bits per heavy atom. The zero-order valence-corrected chi connectivity index (χ0v) is 13.9. The third kappa shape index (κ3) is 3.50. The number of aromatic nitrogens is 2. The Bertz CT molecular complexity index is 686. The first-order chi connectivity index (χ1) is 11.8. The standard InChI is InChI=1S/C19H23N3O2/c23-17(9-6-14-4-2-1-3-5-14)22-12-10-16(11-13-22)19-21-20-18(24-19)15-7-8-15/h1-5,15-16H,6-13H2. The van der Waals surface area contributed by atoms with Gasteiger partial charge in [-0.05, 0) is 37.7 Å². The molecular weight excluding hydrogens is 302 g/mol. The van der Waals surface area contributed by atoms with Crippen LogP contribution in [-0.2, 0) is 11.2 Å². The van der Waals surface area contributed by atoms with Crippen molar-refractivity contribution in [1.29, 1.82) is 0 Å². The molecule has 1 saturated heterocycles. The third-order valence-corrected chi connectivity index (χ3v) is 5.05. The SMILES string of the molecule is O=C(CCc1ccccc1)N1CCC(c2nnc(C3CC3)o2)CC1. The molecule has 0 spiro atoms. The molecule has 1 aromatic heterocycles. The maximum atomic E-state index is 12.4. The molecule has 1 aromatic carbocycles. The fourth-order valence-electron chi connectivity index (χ4n) is 3.34. The minimum Gasteiger partial charge on any atom is -0.425 e. The largest absolute Gasteiger partial charge is 0.425 e. The van der Waals surface area contributed by atoms with Crippen molar-refractivity contribution in [1.82, 2.24) is 15.1 Å². The van der Waals surface area contributed by atoms with Crippen molar-refractivity contribution in [2.75, 3.05) is 13.1 Å². The second kappa shape index (κ2) is 6.75. The smallest absolute Gasteiger partial charge is 0.222 e. The first kappa shape index (κ1) is 15.4. The summed E-state index contributed by atoms with van der Waals surface area (Å²) < 4.78 is 5.82. The van der Waals surface area contributed by atoms with E-state index in [4.69, 9.17) is 4.42 Å². The van der Waals surface area contributed by atoms with E-state index >= 15 is 0 Å². The normalized spacial score (nSPS) is 18.8. The number of carbonyl (C=O) groups excluding carboxylic acids is 1.